The molecule has 0 bridgehead atoms. The van der Waals surface area contributed by atoms with Crippen LogP contribution in [0.25, 0.3) is 0 Å². The largest absolute Gasteiger partial charge is 0.467 e. The maximum Gasteiger partial charge on any atom is 0.416 e. The van der Waals surface area contributed by atoms with Gasteiger partial charge in [-0.3, -0.25) is 0 Å². The lowest BCUT2D eigenvalue weighted by atomic mass is 10.1. The van der Waals surface area contributed by atoms with E-state index in [1.807, 2.05) is 12.1 Å². The van der Waals surface area contributed by atoms with Gasteiger partial charge in [0.05, 0.1) is 12.7 Å². The van der Waals surface area contributed by atoms with Gasteiger partial charge >= 0.3 is 12.1 Å². The Balaban J connectivity index is 2.14. The van der Waals surface area contributed by atoms with E-state index in [9.17, 15) is 18.0 Å². The third kappa shape index (κ3) is 2.81. The standard InChI is InChI=1S/C17H15F3N2O2/c1-10-7-12(17(18,19)20)9-15(21-10)22-13-6-4-3-5-11(13)8-14(22)16(23)24-2/h3-7,9,14H,8H2,1-2H3/t14-/m0/s1. The number of anilines is 2. The van der Waals surface area contributed by atoms with E-state index in [4.69, 9.17) is 4.74 Å². The molecule has 4 nitrogen and oxygen atoms in total. The SMILES string of the molecule is COC(=O)[C@@H]1Cc2ccccc2N1c1cc(C(F)(F)F)cc(C)n1. The Bertz CT molecular complexity index is 790. The second-order valence-corrected chi connectivity index (χ2v) is 5.59. The second kappa shape index (κ2) is 5.81. The van der Waals surface area contributed by atoms with Crippen molar-refractivity contribution in [2.45, 2.75) is 25.6 Å². The number of halogens is 3. The smallest absolute Gasteiger partial charge is 0.416 e. The van der Waals surface area contributed by atoms with Gasteiger partial charge in [0.1, 0.15) is 11.9 Å². The number of fused-ring (bicyclic) bond motifs is 1. The lowest BCUT2D eigenvalue weighted by Gasteiger charge is -2.25. The van der Waals surface area contributed by atoms with Crippen molar-refractivity contribution in [2.75, 3.05) is 12.0 Å². The van der Waals surface area contributed by atoms with E-state index >= 15 is 0 Å². The van der Waals surface area contributed by atoms with Gasteiger partial charge in [0.2, 0.25) is 0 Å². The number of aryl methyl sites for hydroxylation is 1. The van der Waals surface area contributed by atoms with Crippen molar-refractivity contribution in [2.24, 2.45) is 0 Å². The maximum absolute atomic E-state index is 13.1. The number of rotatable bonds is 2. The molecular formula is C17H15F3N2O2. The number of carbonyl (C=O) groups is 1. The topological polar surface area (TPSA) is 42.4 Å². The fourth-order valence-electron chi connectivity index (χ4n) is 2.93. The zero-order valence-corrected chi connectivity index (χ0v) is 13.1. The Hall–Kier alpha value is -2.57. The van der Waals surface area contributed by atoms with Gasteiger partial charge in [-0.1, -0.05) is 18.2 Å². The van der Waals surface area contributed by atoms with Crippen molar-refractivity contribution < 1.29 is 22.7 Å². The summed E-state index contributed by atoms with van der Waals surface area (Å²) >= 11 is 0. The molecule has 0 aliphatic carbocycles. The molecule has 3 rings (SSSR count). The molecule has 1 aromatic carbocycles. The molecule has 2 aromatic rings. The first-order chi connectivity index (χ1) is 11.3. The summed E-state index contributed by atoms with van der Waals surface area (Å²) < 4.78 is 44.2. The maximum atomic E-state index is 13.1. The van der Waals surface area contributed by atoms with Gasteiger partial charge in [0, 0.05) is 17.8 Å². The van der Waals surface area contributed by atoms with Gasteiger partial charge in [-0.2, -0.15) is 13.2 Å². The van der Waals surface area contributed by atoms with Gasteiger partial charge in [0.15, 0.2) is 0 Å². The van der Waals surface area contributed by atoms with E-state index in [1.165, 1.54) is 18.9 Å². The number of hydrogen-bond donors (Lipinski definition) is 0. The van der Waals surface area contributed by atoms with E-state index < -0.39 is 23.8 Å². The molecule has 1 aliphatic rings. The Kier molecular flexibility index (Phi) is 3.95. The number of para-hydroxylation sites is 1. The lowest BCUT2D eigenvalue weighted by Crippen LogP contribution is -2.36. The molecule has 126 valence electrons. The van der Waals surface area contributed by atoms with Gasteiger partial charge < -0.3 is 9.64 Å². The molecule has 24 heavy (non-hydrogen) atoms. The van der Waals surface area contributed by atoms with Crippen LogP contribution in [0.2, 0.25) is 0 Å². The molecular weight excluding hydrogens is 321 g/mol. The average Bonchev–Trinajstić information content (AvgIpc) is 2.92. The first-order valence-corrected chi connectivity index (χ1v) is 7.32. The zero-order valence-electron chi connectivity index (χ0n) is 13.1. The second-order valence-electron chi connectivity index (χ2n) is 5.59. The Morgan fingerprint density at radius 3 is 2.67 bits per heavy atom. The highest BCUT2D eigenvalue weighted by Gasteiger charge is 2.38. The third-order valence-electron chi connectivity index (χ3n) is 3.96. The number of benzene rings is 1. The van der Waals surface area contributed by atoms with Crippen LogP contribution in [-0.2, 0) is 22.1 Å². The summed E-state index contributed by atoms with van der Waals surface area (Å²) in [4.78, 5) is 17.8. The van der Waals surface area contributed by atoms with Crippen molar-refractivity contribution >= 4 is 17.5 Å². The number of ether oxygens (including phenoxy) is 1. The number of nitrogens with zero attached hydrogens (tertiary/aromatic N) is 2. The molecule has 0 fully saturated rings. The zero-order chi connectivity index (χ0) is 17.5. The summed E-state index contributed by atoms with van der Waals surface area (Å²) in [7, 11) is 1.26. The summed E-state index contributed by atoms with van der Waals surface area (Å²) in [6.07, 6.45) is -4.12. The number of pyridine rings is 1. The Morgan fingerprint density at radius 1 is 1.29 bits per heavy atom. The monoisotopic (exact) mass is 336 g/mol. The molecule has 0 spiro atoms. The molecule has 0 saturated heterocycles. The van der Waals surface area contributed by atoms with E-state index in [0.29, 0.717) is 12.1 Å². The van der Waals surface area contributed by atoms with Crippen molar-refractivity contribution in [3.8, 4) is 0 Å². The highest BCUT2D eigenvalue weighted by atomic mass is 19.4. The molecule has 0 unspecified atom stereocenters. The number of carbonyl (C=O) groups excluding carboxylic acids is 1. The molecule has 0 amide bonds. The van der Waals surface area contributed by atoms with Gasteiger partial charge in [0.25, 0.3) is 0 Å². The fraction of sp³-hybridized carbons (Fsp3) is 0.294. The van der Waals surface area contributed by atoms with Gasteiger partial charge in [-0.25, -0.2) is 9.78 Å². The minimum absolute atomic E-state index is 0.0858. The quantitative estimate of drug-likeness (QED) is 0.785. The van der Waals surface area contributed by atoms with E-state index in [-0.39, 0.29) is 11.5 Å². The molecule has 1 aliphatic heterocycles. The highest BCUT2D eigenvalue weighted by Crippen LogP contribution is 2.40. The van der Waals surface area contributed by atoms with E-state index in [1.54, 1.807) is 12.1 Å². The predicted molar refractivity (Wildman–Crippen MR) is 82.1 cm³/mol. The first kappa shape index (κ1) is 16.3. The highest BCUT2D eigenvalue weighted by molar-refractivity contribution is 5.87. The van der Waals surface area contributed by atoms with Crippen LogP contribution in [-0.4, -0.2) is 24.1 Å². The summed E-state index contributed by atoms with van der Waals surface area (Å²) in [5, 5.41) is 0. The van der Waals surface area contributed by atoms with Gasteiger partial charge in [-0.05, 0) is 30.7 Å². The van der Waals surface area contributed by atoms with Crippen LogP contribution in [0.15, 0.2) is 36.4 Å². The van der Waals surface area contributed by atoms with Gasteiger partial charge in [-0.15, -0.1) is 0 Å². The van der Waals surface area contributed by atoms with Crippen LogP contribution >= 0.6 is 0 Å². The van der Waals surface area contributed by atoms with E-state index in [2.05, 4.69) is 4.98 Å². The minimum atomic E-state index is -4.48. The Morgan fingerprint density at radius 2 is 2.00 bits per heavy atom. The van der Waals surface area contributed by atoms with Crippen molar-refractivity contribution in [1.29, 1.82) is 0 Å². The summed E-state index contributed by atoms with van der Waals surface area (Å²) in [6.45, 7) is 1.49. The lowest BCUT2D eigenvalue weighted by molar-refractivity contribution is -0.141. The van der Waals surface area contributed by atoms with Crippen LogP contribution in [0.3, 0.4) is 0 Å². The first-order valence-electron chi connectivity index (χ1n) is 7.32. The predicted octanol–water partition coefficient (Wildman–Crippen LogP) is 3.64. The average molecular weight is 336 g/mol. The number of esters is 1. The molecule has 0 saturated carbocycles. The fourth-order valence-corrected chi connectivity index (χ4v) is 2.93. The summed E-state index contributed by atoms with van der Waals surface area (Å²) in [5.74, 6) is -0.425. The Labute approximate surface area is 136 Å². The van der Waals surface area contributed by atoms with Crippen LogP contribution in [0.4, 0.5) is 24.7 Å². The number of alkyl halides is 3. The van der Waals surface area contributed by atoms with Crippen LogP contribution in [0, 0.1) is 6.92 Å². The van der Waals surface area contributed by atoms with E-state index in [0.717, 1.165) is 17.7 Å². The molecule has 0 N–H and O–H groups in total. The number of hydrogen-bond acceptors (Lipinski definition) is 4. The number of methoxy groups -OCH3 is 1. The van der Waals surface area contributed by atoms with Crippen molar-refractivity contribution in [3.63, 3.8) is 0 Å². The van der Waals surface area contributed by atoms with Crippen molar-refractivity contribution in [1.82, 2.24) is 4.98 Å². The molecule has 1 atom stereocenters. The molecule has 0 radical (unpaired) electrons. The normalized spacial score (nSPS) is 16.9. The molecule has 1 aromatic heterocycles. The molecule has 2 heterocycles. The van der Waals surface area contributed by atoms with Crippen LogP contribution < -0.4 is 4.90 Å². The minimum Gasteiger partial charge on any atom is -0.467 e. The van der Waals surface area contributed by atoms with Crippen LogP contribution in [0.5, 0.6) is 0 Å². The summed E-state index contributed by atoms with van der Waals surface area (Å²) in [6, 6.07) is 8.40. The summed E-state index contributed by atoms with van der Waals surface area (Å²) in [5.41, 5.74) is 0.967. The van der Waals surface area contributed by atoms with Crippen molar-refractivity contribution in [3.05, 3.63) is 53.2 Å². The number of aromatic nitrogens is 1. The van der Waals surface area contributed by atoms with Crippen LogP contribution in [0.1, 0.15) is 16.8 Å². The third-order valence-corrected chi connectivity index (χ3v) is 3.96. The molecule has 7 heteroatoms.